The summed E-state index contributed by atoms with van der Waals surface area (Å²) in [5, 5.41) is 0. The minimum atomic E-state index is -0.137. The Morgan fingerprint density at radius 1 is 0.517 bits per heavy atom. The topological polar surface area (TPSA) is 6.48 Å². The van der Waals surface area contributed by atoms with E-state index in [-0.39, 0.29) is 16.9 Å². The maximum absolute atomic E-state index is 3.38. The summed E-state index contributed by atoms with van der Waals surface area (Å²) < 4.78 is 0. The fourth-order valence-corrected chi connectivity index (χ4v) is 9.54. The van der Waals surface area contributed by atoms with Crippen molar-refractivity contribution >= 4 is 40.6 Å². The molecule has 0 saturated carbocycles. The van der Waals surface area contributed by atoms with Crippen molar-refractivity contribution in [3.8, 4) is 22.3 Å². The van der Waals surface area contributed by atoms with Gasteiger partial charge in [0.15, 0.2) is 0 Å². The minimum Gasteiger partial charge on any atom is -0.334 e. The minimum absolute atomic E-state index is 0.0821. The van der Waals surface area contributed by atoms with Gasteiger partial charge in [0.2, 0.25) is 0 Å². The maximum Gasteiger partial charge on any atom is 0.0973 e. The summed E-state index contributed by atoms with van der Waals surface area (Å²) >= 11 is 0. The average Bonchev–Trinajstić information content (AvgIpc) is 3.63. The van der Waals surface area contributed by atoms with Gasteiger partial charge in [-0.05, 0) is 129 Å². The van der Waals surface area contributed by atoms with Crippen LogP contribution in [-0.2, 0) is 10.8 Å². The lowest BCUT2D eigenvalue weighted by atomic mass is 9.81. The van der Waals surface area contributed by atoms with Crippen LogP contribution in [-0.4, -0.2) is 6.04 Å². The number of anilines is 5. The van der Waals surface area contributed by atoms with Gasteiger partial charge in [0.25, 0.3) is 0 Å². The lowest BCUT2D eigenvalue weighted by Crippen LogP contribution is -2.30. The molecule has 0 heterocycles. The summed E-state index contributed by atoms with van der Waals surface area (Å²) in [7, 11) is 0. The molecule has 2 heteroatoms. The third-order valence-electron chi connectivity index (χ3n) is 12.6. The summed E-state index contributed by atoms with van der Waals surface area (Å²) in [4.78, 5) is 4.77. The van der Waals surface area contributed by atoms with Gasteiger partial charge < -0.3 is 9.80 Å². The van der Waals surface area contributed by atoms with Gasteiger partial charge in [-0.2, -0.15) is 0 Å². The van der Waals surface area contributed by atoms with Gasteiger partial charge in [-0.15, -0.1) is 0 Å². The van der Waals surface area contributed by atoms with Crippen molar-refractivity contribution in [2.45, 2.75) is 51.0 Å². The maximum atomic E-state index is 3.38. The number of para-hydroxylation sites is 1. The van der Waals surface area contributed by atoms with Gasteiger partial charge in [-0.3, -0.25) is 0 Å². The Bertz CT molecular complexity index is 2750. The van der Waals surface area contributed by atoms with E-state index in [1.165, 1.54) is 61.4 Å². The third-order valence-corrected chi connectivity index (χ3v) is 12.6. The SMILES string of the molecule is CC1(C)c2ccccc2-c2ccc(N(c3c#cccc3)c3ccc(/C=C/c4ccc5c(c4)C(C)(C)c4cc(N(c6ccccc6)C6C=CC=CC6)ccc4-5)cc3)cc21. The zero-order chi connectivity index (χ0) is 39.4. The van der Waals surface area contributed by atoms with Crippen molar-refractivity contribution < 1.29 is 0 Å². The third kappa shape index (κ3) is 5.98. The van der Waals surface area contributed by atoms with Crippen LogP contribution in [0.1, 0.15) is 67.5 Å². The molecule has 0 fully saturated rings. The molecule has 58 heavy (non-hydrogen) atoms. The molecule has 2 nitrogen and oxygen atoms in total. The van der Waals surface area contributed by atoms with Gasteiger partial charge in [-0.25, -0.2) is 0 Å². The second-order valence-electron chi connectivity index (χ2n) is 16.8. The predicted octanol–water partition coefficient (Wildman–Crippen LogP) is 14.6. The number of nitrogens with zero attached hydrogens (tertiary/aromatic N) is 2. The van der Waals surface area contributed by atoms with Crippen LogP contribution >= 0.6 is 0 Å². The summed E-state index contributed by atoms with van der Waals surface area (Å²) in [5.41, 5.74) is 18.5. The molecule has 0 N–H and O–H groups in total. The van der Waals surface area contributed by atoms with E-state index in [4.69, 9.17) is 0 Å². The van der Waals surface area contributed by atoms with Crippen LogP contribution in [0.15, 0.2) is 176 Å². The first-order chi connectivity index (χ1) is 28.3. The lowest BCUT2D eigenvalue weighted by Gasteiger charge is -2.33. The molecule has 280 valence electrons. The predicted molar refractivity (Wildman–Crippen MR) is 245 cm³/mol. The van der Waals surface area contributed by atoms with Crippen molar-refractivity contribution in [2.24, 2.45) is 0 Å². The Morgan fingerprint density at radius 3 is 1.84 bits per heavy atom. The molecule has 0 bridgehead atoms. The molecule has 10 rings (SSSR count). The van der Waals surface area contributed by atoms with Gasteiger partial charge in [0, 0.05) is 33.6 Å². The highest BCUT2D eigenvalue weighted by atomic mass is 15.2. The highest BCUT2D eigenvalue weighted by Crippen LogP contribution is 2.52. The van der Waals surface area contributed by atoms with E-state index < -0.39 is 0 Å². The van der Waals surface area contributed by atoms with Gasteiger partial charge in [0.1, 0.15) is 0 Å². The number of allylic oxidation sites excluding steroid dienone is 2. The molecule has 3 aliphatic rings. The van der Waals surface area contributed by atoms with Crippen LogP contribution < -0.4 is 9.80 Å². The van der Waals surface area contributed by atoms with Crippen LogP contribution in [0.2, 0.25) is 0 Å². The molecule has 1 unspecified atom stereocenters. The zero-order valence-corrected chi connectivity index (χ0v) is 33.6. The van der Waals surface area contributed by atoms with Gasteiger partial charge in [-0.1, -0.05) is 161 Å². The van der Waals surface area contributed by atoms with Crippen molar-refractivity contribution in [3.05, 3.63) is 221 Å². The monoisotopic (exact) mass is 746 g/mol. The molecule has 3 aliphatic carbocycles. The quantitative estimate of drug-likeness (QED) is 0.143. The Balaban J connectivity index is 0.928. The Hall–Kier alpha value is -6.82. The van der Waals surface area contributed by atoms with Crippen molar-refractivity contribution in [1.29, 1.82) is 0 Å². The van der Waals surface area contributed by atoms with Crippen LogP contribution in [0.25, 0.3) is 34.4 Å². The summed E-state index contributed by atoms with van der Waals surface area (Å²) in [5.74, 6) is 0. The van der Waals surface area contributed by atoms with E-state index in [1.807, 2.05) is 12.1 Å². The van der Waals surface area contributed by atoms with Crippen LogP contribution in [0.3, 0.4) is 0 Å². The highest BCUT2D eigenvalue weighted by Gasteiger charge is 2.37. The molecule has 7 aromatic rings. The van der Waals surface area contributed by atoms with E-state index in [0.29, 0.717) is 0 Å². The molecule has 0 aliphatic heterocycles. The normalized spacial score (nSPS) is 16.3. The summed E-state index contributed by atoms with van der Waals surface area (Å²) in [6.07, 6.45) is 14.4. The highest BCUT2D eigenvalue weighted by molar-refractivity contribution is 5.87. The van der Waals surface area contributed by atoms with Crippen molar-refractivity contribution in [3.63, 3.8) is 0 Å². The molecule has 7 aromatic carbocycles. The number of fused-ring (bicyclic) bond motifs is 6. The molecule has 1 atom stereocenters. The largest absolute Gasteiger partial charge is 0.334 e. The number of hydrogen-bond donors (Lipinski definition) is 0. The first-order valence-electron chi connectivity index (χ1n) is 20.5. The lowest BCUT2D eigenvalue weighted by molar-refractivity contribution is 0.659. The number of benzene rings is 6. The van der Waals surface area contributed by atoms with E-state index >= 15 is 0 Å². The number of rotatable bonds is 8. The van der Waals surface area contributed by atoms with Gasteiger partial charge in [0.05, 0.1) is 11.7 Å². The Kier molecular flexibility index (Phi) is 8.58. The Morgan fingerprint density at radius 2 is 1.12 bits per heavy atom. The zero-order valence-electron chi connectivity index (χ0n) is 33.6. The smallest absolute Gasteiger partial charge is 0.0973 e. The van der Waals surface area contributed by atoms with E-state index in [1.54, 1.807) is 0 Å². The summed E-state index contributed by atoms with van der Waals surface area (Å²) in [6, 6.07) is 62.3. The first-order valence-corrected chi connectivity index (χ1v) is 20.5. The fraction of sp³-hybridized carbons (Fsp3) is 0.143. The Labute approximate surface area is 343 Å². The standard InChI is InChI=1S/C56H46N2/c1-55(2)51-23-15-14-22-47(51)49-34-31-46(37-53(49)55)58(43-20-12-7-13-21-43)44-29-26-39(27-30-44)24-25-40-28-33-48-50-35-32-45(38-54(50)56(3,4)52(48)36-40)57(41-16-8-5-9-17-41)42-18-10-6-11-19-42/h5-12,14-18,20,22-38,42H,19H2,1-4H3/b25-24+. The van der Waals surface area contributed by atoms with E-state index in [2.05, 4.69) is 226 Å². The summed E-state index contributed by atoms with van der Waals surface area (Å²) in [6.45, 7) is 9.41. The van der Waals surface area contributed by atoms with Gasteiger partial charge >= 0.3 is 0 Å². The molecule has 0 spiro atoms. The second-order valence-corrected chi connectivity index (χ2v) is 16.8. The fourth-order valence-electron chi connectivity index (χ4n) is 9.54. The van der Waals surface area contributed by atoms with Crippen molar-refractivity contribution in [1.82, 2.24) is 0 Å². The van der Waals surface area contributed by atoms with Crippen LogP contribution in [0.4, 0.5) is 28.4 Å². The first kappa shape index (κ1) is 35.6. The van der Waals surface area contributed by atoms with Crippen molar-refractivity contribution in [2.75, 3.05) is 9.80 Å². The number of hydrogen-bond acceptors (Lipinski definition) is 2. The van der Waals surface area contributed by atoms with E-state index in [9.17, 15) is 0 Å². The van der Waals surface area contributed by atoms with E-state index in [0.717, 1.165) is 29.0 Å². The molecular weight excluding hydrogens is 701 g/mol. The molecule has 0 amide bonds. The molecule has 0 saturated heterocycles. The van der Waals surface area contributed by atoms with Crippen LogP contribution in [0, 0.1) is 12.1 Å². The molecule has 0 aromatic heterocycles. The second kappa shape index (κ2) is 14.0. The molecular formula is C56H46N2. The molecule has 0 radical (unpaired) electrons. The average molecular weight is 747 g/mol. The van der Waals surface area contributed by atoms with Crippen LogP contribution in [0.5, 0.6) is 0 Å².